The van der Waals surface area contributed by atoms with Crippen molar-refractivity contribution in [2.75, 3.05) is 5.32 Å². The molecule has 0 aliphatic carbocycles. The molecule has 0 radical (unpaired) electrons. The number of hydrogen-bond acceptors (Lipinski definition) is 3. The molecule has 3 aromatic rings. The minimum atomic E-state index is -0.00944. The molecule has 0 bridgehead atoms. The molecule has 21 heavy (non-hydrogen) atoms. The Morgan fingerprint density at radius 3 is 2.71 bits per heavy atom. The molecule has 2 aromatic carbocycles. The summed E-state index contributed by atoms with van der Waals surface area (Å²) in [4.78, 5) is 16.4. The summed E-state index contributed by atoms with van der Waals surface area (Å²) in [6, 6.07) is 15.8. The molecule has 3 nitrogen and oxygen atoms in total. The van der Waals surface area contributed by atoms with Gasteiger partial charge in [-0.1, -0.05) is 57.6 Å². The zero-order valence-corrected chi connectivity index (χ0v) is 13.6. The third-order valence-electron chi connectivity index (χ3n) is 3.12. The van der Waals surface area contributed by atoms with Crippen LogP contribution in [0, 0.1) is 0 Å². The van der Waals surface area contributed by atoms with E-state index in [0.717, 1.165) is 20.3 Å². The number of fused-ring (bicyclic) bond motifs is 1. The van der Waals surface area contributed by atoms with E-state index < -0.39 is 0 Å². The van der Waals surface area contributed by atoms with Crippen molar-refractivity contribution in [1.29, 1.82) is 0 Å². The van der Waals surface area contributed by atoms with E-state index in [0.29, 0.717) is 18.0 Å². The zero-order valence-electron chi connectivity index (χ0n) is 11.2. The number of halogens is 1. The standard InChI is InChI=1S/C16H13BrN2OS/c17-12-6-2-1-5-11(12)9-10-15(20)19-16-18-13-7-3-4-8-14(13)21-16/h1-8H,9-10H2,(H,18,19,20). The number of aryl methyl sites for hydroxylation is 1. The molecule has 5 heteroatoms. The summed E-state index contributed by atoms with van der Waals surface area (Å²) in [5.74, 6) is -0.00944. The summed E-state index contributed by atoms with van der Waals surface area (Å²) in [6.07, 6.45) is 1.15. The van der Waals surface area contributed by atoms with Gasteiger partial charge in [0.2, 0.25) is 5.91 Å². The summed E-state index contributed by atoms with van der Waals surface area (Å²) < 4.78 is 2.12. The Balaban J connectivity index is 1.62. The fraction of sp³-hybridized carbons (Fsp3) is 0.125. The summed E-state index contributed by atoms with van der Waals surface area (Å²) in [5.41, 5.74) is 2.06. The Kier molecular flexibility index (Phi) is 4.31. The number of hydrogen-bond donors (Lipinski definition) is 1. The van der Waals surface area contributed by atoms with Crippen molar-refractivity contribution in [2.24, 2.45) is 0 Å². The Hall–Kier alpha value is -1.72. The maximum absolute atomic E-state index is 12.0. The molecule has 3 rings (SSSR count). The van der Waals surface area contributed by atoms with E-state index in [2.05, 4.69) is 26.2 Å². The van der Waals surface area contributed by atoms with Crippen molar-refractivity contribution in [1.82, 2.24) is 4.98 Å². The van der Waals surface area contributed by atoms with Crippen molar-refractivity contribution in [3.8, 4) is 0 Å². The zero-order chi connectivity index (χ0) is 14.7. The molecular formula is C16H13BrN2OS. The Morgan fingerprint density at radius 1 is 1.14 bits per heavy atom. The Morgan fingerprint density at radius 2 is 1.90 bits per heavy atom. The summed E-state index contributed by atoms with van der Waals surface area (Å²) >= 11 is 4.99. The predicted molar refractivity (Wildman–Crippen MR) is 90.7 cm³/mol. The van der Waals surface area contributed by atoms with E-state index in [-0.39, 0.29) is 5.91 Å². The second-order valence-electron chi connectivity index (χ2n) is 4.63. The van der Waals surface area contributed by atoms with Crippen LogP contribution in [0.25, 0.3) is 10.2 Å². The number of carbonyl (C=O) groups is 1. The largest absolute Gasteiger partial charge is 0.302 e. The SMILES string of the molecule is O=C(CCc1ccccc1Br)Nc1nc2ccccc2s1. The maximum Gasteiger partial charge on any atom is 0.226 e. The Bertz CT molecular complexity index is 752. The second-order valence-corrected chi connectivity index (χ2v) is 6.51. The molecule has 0 unspecified atom stereocenters. The number of rotatable bonds is 4. The van der Waals surface area contributed by atoms with E-state index in [4.69, 9.17) is 0 Å². The number of amides is 1. The van der Waals surface area contributed by atoms with Crippen LogP contribution < -0.4 is 5.32 Å². The summed E-state index contributed by atoms with van der Waals surface area (Å²) in [6.45, 7) is 0. The lowest BCUT2D eigenvalue weighted by molar-refractivity contribution is -0.116. The molecular weight excluding hydrogens is 348 g/mol. The molecule has 0 atom stereocenters. The molecule has 0 fully saturated rings. The van der Waals surface area contributed by atoms with E-state index >= 15 is 0 Å². The molecule has 0 saturated carbocycles. The van der Waals surface area contributed by atoms with Gasteiger partial charge in [0.1, 0.15) is 0 Å². The van der Waals surface area contributed by atoms with Crippen molar-refractivity contribution in [3.63, 3.8) is 0 Å². The van der Waals surface area contributed by atoms with E-state index in [9.17, 15) is 4.79 Å². The van der Waals surface area contributed by atoms with Crippen LogP contribution in [0.1, 0.15) is 12.0 Å². The Labute approximate surface area is 135 Å². The first-order valence-corrected chi connectivity index (χ1v) is 8.22. The fourth-order valence-electron chi connectivity index (χ4n) is 2.06. The average Bonchev–Trinajstić information content (AvgIpc) is 2.88. The molecule has 0 aliphatic rings. The smallest absolute Gasteiger partial charge is 0.226 e. The first-order valence-electron chi connectivity index (χ1n) is 6.61. The van der Waals surface area contributed by atoms with Crippen molar-refractivity contribution in [2.45, 2.75) is 12.8 Å². The molecule has 1 N–H and O–H groups in total. The first-order chi connectivity index (χ1) is 10.2. The van der Waals surface area contributed by atoms with Gasteiger partial charge in [0, 0.05) is 10.9 Å². The van der Waals surface area contributed by atoms with Gasteiger partial charge in [-0.2, -0.15) is 0 Å². The van der Waals surface area contributed by atoms with E-state index in [1.54, 1.807) is 0 Å². The molecule has 1 amide bonds. The highest BCUT2D eigenvalue weighted by atomic mass is 79.9. The van der Waals surface area contributed by atoms with Gasteiger partial charge < -0.3 is 5.32 Å². The monoisotopic (exact) mass is 360 g/mol. The van der Waals surface area contributed by atoms with Crippen LogP contribution in [-0.2, 0) is 11.2 Å². The molecule has 106 valence electrons. The number of para-hydroxylation sites is 1. The van der Waals surface area contributed by atoms with Crippen LogP contribution in [0.3, 0.4) is 0 Å². The minimum Gasteiger partial charge on any atom is -0.302 e. The maximum atomic E-state index is 12.0. The second kappa shape index (κ2) is 6.37. The topological polar surface area (TPSA) is 42.0 Å². The van der Waals surface area contributed by atoms with Crippen LogP contribution in [-0.4, -0.2) is 10.9 Å². The quantitative estimate of drug-likeness (QED) is 0.736. The number of nitrogens with one attached hydrogen (secondary N) is 1. The first kappa shape index (κ1) is 14.2. The molecule has 1 heterocycles. The summed E-state index contributed by atoms with van der Waals surface area (Å²) in [7, 11) is 0. The third kappa shape index (κ3) is 3.49. The number of anilines is 1. The summed E-state index contributed by atoms with van der Waals surface area (Å²) in [5, 5.41) is 3.53. The lowest BCUT2D eigenvalue weighted by atomic mass is 10.1. The van der Waals surface area contributed by atoms with Crippen molar-refractivity contribution < 1.29 is 4.79 Å². The van der Waals surface area contributed by atoms with Gasteiger partial charge in [-0.15, -0.1) is 0 Å². The number of thiazole rings is 1. The fourth-order valence-corrected chi connectivity index (χ4v) is 3.42. The number of benzene rings is 2. The lowest BCUT2D eigenvalue weighted by Crippen LogP contribution is -2.12. The van der Waals surface area contributed by atoms with Crippen molar-refractivity contribution >= 4 is 48.5 Å². The minimum absolute atomic E-state index is 0.00944. The highest BCUT2D eigenvalue weighted by Crippen LogP contribution is 2.25. The highest BCUT2D eigenvalue weighted by Gasteiger charge is 2.08. The van der Waals surface area contributed by atoms with Gasteiger partial charge in [0.15, 0.2) is 5.13 Å². The van der Waals surface area contributed by atoms with Gasteiger partial charge in [0.25, 0.3) is 0 Å². The molecule has 0 aliphatic heterocycles. The lowest BCUT2D eigenvalue weighted by Gasteiger charge is -2.04. The number of nitrogens with zero attached hydrogens (tertiary/aromatic N) is 1. The number of carbonyl (C=O) groups excluding carboxylic acids is 1. The molecule has 0 saturated heterocycles. The normalized spacial score (nSPS) is 10.7. The van der Waals surface area contributed by atoms with Crippen LogP contribution in [0.5, 0.6) is 0 Å². The van der Waals surface area contributed by atoms with Gasteiger partial charge in [-0.05, 0) is 30.2 Å². The molecule has 0 spiro atoms. The van der Waals surface area contributed by atoms with Crippen molar-refractivity contribution in [3.05, 3.63) is 58.6 Å². The van der Waals surface area contributed by atoms with Gasteiger partial charge >= 0.3 is 0 Å². The van der Waals surface area contributed by atoms with E-state index in [1.807, 2.05) is 48.5 Å². The van der Waals surface area contributed by atoms with Gasteiger partial charge in [-0.25, -0.2) is 4.98 Å². The average molecular weight is 361 g/mol. The highest BCUT2D eigenvalue weighted by molar-refractivity contribution is 9.10. The van der Waals surface area contributed by atoms with E-state index in [1.165, 1.54) is 11.3 Å². The van der Waals surface area contributed by atoms with Gasteiger partial charge in [-0.3, -0.25) is 4.79 Å². The van der Waals surface area contributed by atoms with Crippen LogP contribution >= 0.6 is 27.3 Å². The number of aromatic nitrogens is 1. The third-order valence-corrected chi connectivity index (χ3v) is 4.84. The van der Waals surface area contributed by atoms with Crippen LogP contribution in [0.4, 0.5) is 5.13 Å². The molecule has 1 aromatic heterocycles. The van der Waals surface area contributed by atoms with Crippen LogP contribution in [0.2, 0.25) is 0 Å². The van der Waals surface area contributed by atoms with Crippen LogP contribution in [0.15, 0.2) is 53.0 Å². The van der Waals surface area contributed by atoms with Gasteiger partial charge in [0.05, 0.1) is 10.2 Å². The predicted octanol–water partition coefficient (Wildman–Crippen LogP) is 4.63.